The van der Waals surface area contributed by atoms with E-state index in [-0.39, 0.29) is 5.91 Å². The van der Waals surface area contributed by atoms with E-state index in [4.69, 9.17) is 5.10 Å². The van der Waals surface area contributed by atoms with Gasteiger partial charge in [-0.1, -0.05) is 72.4 Å². The maximum absolute atomic E-state index is 12.6. The van der Waals surface area contributed by atoms with Crippen LogP contribution >= 0.6 is 11.8 Å². The maximum atomic E-state index is 12.6. The number of hydrogen-bond acceptors (Lipinski definition) is 6. The van der Waals surface area contributed by atoms with Crippen LogP contribution in [-0.4, -0.2) is 36.7 Å². The maximum Gasteiger partial charge on any atom is 0.271 e. The molecule has 3 aromatic carbocycles. The normalized spacial score (nSPS) is 11.1. The molecule has 1 N–H and O–H groups in total. The highest BCUT2D eigenvalue weighted by molar-refractivity contribution is 7.98. The molecule has 5 rings (SSSR count). The summed E-state index contributed by atoms with van der Waals surface area (Å²) in [5.74, 6) is 0.454. The Hall–Kier alpha value is -4.50. The summed E-state index contributed by atoms with van der Waals surface area (Å²) in [6.45, 7) is 0. The van der Waals surface area contributed by atoms with E-state index in [1.54, 1.807) is 36.4 Å². The number of amides is 1. The second kappa shape index (κ2) is 10.8. The van der Waals surface area contributed by atoms with E-state index in [0.717, 1.165) is 39.0 Å². The van der Waals surface area contributed by atoms with Crippen LogP contribution in [0.15, 0.2) is 108 Å². The molecule has 2 heterocycles. The minimum absolute atomic E-state index is 0.282. The number of carbonyl (C=O) groups excluding carboxylic acids is 1. The van der Waals surface area contributed by atoms with E-state index < -0.39 is 0 Å². The number of thioether (sulfide) groups is 1. The summed E-state index contributed by atoms with van der Waals surface area (Å²) in [5, 5.41) is 17.8. The second-order valence-corrected chi connectivity index (χ2v) is 8.93. The smallest absolute Gasteiger partial charge is 0.271 e. The van der Waals surface area contributed by atoms with Crippen molar-refractivity contribution >= 4 is 23.9 Å². The van der Waals surface area contributed by atoms with Crippen LogP contribution in [0.4, 0.5) is 0 Å². The first-order chi connectivity index (χ1) is 17.7. The lowest BCUT2D eigenvalue weighted by molar-refractivity contribution is 0.0955. The molecule has 0 bridgehead atoms. The van der Waals surface area contributed by atoms with E-state index in [1.165, 1.54) is 0 Å². The van der Waals surface area contributed by atoms with Crippen LogP contribution < -0.4 is 5.43 Å². The molecule has 0 atom stereocenters. The quantitative estimate of drug-likeness (QED) is 0.192. The zero-order chi connectivity index (χ0) is 24.7. The Morgan fingerprint density at radius 2 is 1.72 bits per heavy atom. The third-order valence-electron chi connectivity index (χ3n) is 5.43. The van der Waals surface area contributed by atoms with Gasteiger partial charge >= 0.3 is 0 Å². The Balaban J connectivity index is 1.27. The first kappa shape index (κ1) is 23.3. The second-order valence-electron chi connectivity index (χ2n) is 7.99. The van der Waals surface area contributed by atoms with Crippen molar-refractivity contribution in [3.63, 3.8) is 0 Å². The van der Waals surface area contributed by atoms with E-state index in [2.05, 4.69) is 20.7 Å². The van der Waals surface area contributed by atoms with Crippen molar-refractivity contribution in [1.29, 1.82) is 0 Å². The first-order valence-corrected chi connectivity index (χ1v) is 12.3. The summed E-state index contributed by atoms with van der Waals surface area (Å²) >= 11 is 1.59. The molecule has 0 aliphatic heterocycles. The highest BCUT2D eigenvalue weighted by Crippen LogP contribution is 2.23. The molecular weight excluding hydrogens is 470 g/mol. The van der Waals surface area contributed by atoms with E-state index >= 15 is 0 Å². The fraction of sp³-hybridized carbons (Fsp3) is 0.0741. The largest absolute Gasteiger partial charge is 0.312 e. The number of nitrogens with one attached hydrogen (secondary N) is 1. The number of benzene rings is 3. The van der Waals surface area contributed by atoms with Crippen molar-refractivity contribution in [3.8, 4) is 16.9 Å². The average Bonchev–Trinajstić information content (AvgIpc) is 3.55. The monoisotopic (exact) mass is 493 g/mol. The Bertz CT molecular complexity index is 1480. The summed E-state index contributed by atoms with van der Waals surface area (Å²) in [7, 11) is 1.91. The van der Waals surface area contributed by atoms with E-state index in [1.807, 2.05) is 95.3 Å². The zero-order valence-corrected chi connectivity index (χ0v) is 20.3. The van der Waals surface area contributed by atoms with Crippen LogP contribution in [-0.2, 0) is 12.8 Å². The van der Waals surface area contributed by atoms with Gasteiger partial charge in [0.15, 0.2) is 5.16 Å². The lowest BCUT2D eigenvalue weighted by Gasteiger charge is -2.03. The van der Waals surface area contributed by atoms with Gasteiger partial charge in [0.25, 0.3) is 5.91 Å². The Kier molecular flexibility index (Phi) is 7.00. The number of rotatable bonds is 8. The van der Waals surface area contributed by atoms with Gasteiger partial charge in [0, 0.05) is 35.7 Å². The minimum atomic E-state index is -0.282. The Morgan fingerprint density at radius 1 is 1.00 bits per heavy atom. The van der Waals surface area contributed by atoms with E-state index in [9.17, 15) is 4.79 Å². The molecule has 5 aromatic rings. The fourth-order valence-electron chi connectivity index (χ4n) is 3.54. The van der Waals surface area contributed by atoms with Gasteiger partial charge < -0.3 is 4.57 Å². The number of carbonyl (C=O) groups is 1. The summed E-state index contributed by atoms with van der Waals surface area (Å²) in [5.41, 5.74) is 7.72. The summed E-state index contributed by atoms with van der Waals surface area (Å²) in [4.78, 5) is 12.6. The molecule has 2 aromatic heterocycles. The molecule has 8 nitrogen and oxygen atoms in total. The van der Waals surface area contributed by atoms with Crippen molar-refractivity contribution in [2.24, 2.45) is 12.1 Å². The number of hydrazone groups is 1. The molecule has 9 heteroatoms. The van der Waals surface area contributed by atoms with Crippen LogP contribution in [0.1, 0.15) is 21.5 Å². The van der Waals surface area contributed by atoms with E-state index in [0.29, 0.717) is 5.56 Å². The van der Waals surface area contributed by atoms with Gasteiger partial charge in [-0.15, -0.1) is 10.2 Å². The third kappa shape index (κ3) is 5.42. The van der Waals surface area contributed by atoms with Crippen LogP contribution in [0.25, 0.3) is 16.9 Å². The van der Waals surface area contributed by atoms with Crippen molar-refractivity contribution < 1.29 is 4.79 Å². The minimum Gasteiger partial charge on any atom is -0.312 e. The molecule has 0 spiro atoms. The Labute approximate surface area is 212 Å². The summed E-state index contributed by atoms with van der Waals surface area (Å²) in [6, 6.07) is 27.2. The molecule has 36 heavy (non-hydrogen) atoms. The zero-order valence-electron chi connectivity index (χ0n) is 19.5. The van der Waals surface area contributed by atoms with Crippen LogP contribution in [0.3, 0.4) is 0 Å². The summed E-state index contributed by atoms with van der Waals surface area (Å²) < 4.78 is 3.68. The van der Waals surface area contributed by atoms with Crippen molar-refractivity contribution in [2.45, 2.75) is 10.9 Å². The van der Waals surface area contributed by atoms with Crippen LogP contribution in [0, 0.1) is 0 Å². The van der Waals surface area contributed by atoms with Crippen LogP contribution in [0.5, 0.6) is 0 Å². The van der Waals surface area contributed by atoms with Gasteiger partial charge in [0.05, 0.1) is 11.9 Å². The van der Waals surface area contributed by atoms with Gasteiger partial charge in [-0.2, -0.15) is 10.2 Å². The van der Waals surface area contributed by atoms with Crippen molar-refractivity contribution in [2.75, 3.05) is 0 Å². The number of aryl methyl sites for hydroxylation is 1. The number of nitrogens with zero attached hydrogens (tertiary/aromatic N) is 6. The molecular formula is C27H23N7OS. The number of para-hydroxylation sites is 1. The molecule has 0 aliphatic carbocycles. The molecule has 0 saturated carbocycles. The van der Waals surface area contributed by atoms with Gasteiger partial charge in [-0.3, -0.25) is 4.79 Å². The van der Waals surface area contributed by atoms with Crippen molar-refractivity contribution in [1.82, 2.24) is 30.0 Å². The SMILES string of the molecule is Cn1cnnc1SCc1ccc(C(=O)NN=Cc2cn(-c3ccccc3)nc2-c2ccccc2)cc1. The molecule has 1 amide bonds. The van der Waals surface area contributed by atoms with Gasteiger partial charge in [0.2, 0.25) is 0 Å². The molecule has 0 aliphatic rings. The molecule has 178 valence electrons. The highest BCUT2D eigenvalue weighted by Gasteiger charge is 2.11. The van der Waals surface area contributed by atoms with Crippen molar-refractivity contribution in [3.05, 3.63) is 114 Å². The van der Waals surface area contributed by atoms with Gasteiger partial charge in [0.1, 0.15) is 12.0 Å². The van der Waals surface area contributed by atoms with Gasteiger partial charge in [-0.05, 0) is 29.8 Å². The molecule has 0 radical (unpaired) electrons. The predicted octanol–water partition coefficient (Wildman–Crippen LogP) is 4.72. The number of aromatic nitrogens is 5. The third-order valence-corrected chi connectivity index (χ3v) is 6.54. The lowest BCUT2D eigenvalue weighted by atomic mass is 10.1. The average molecular weight is 494 g/mol. The molecule has 0 saturated heterocycles. The molecule has 0 unspecified atom stereocenters. The van der Waals surface area contributed by atoms with Gasteiger partial charge in [-0.25, -0.2) is 10.1 Å². The fourth-order valence-corrected chi connectivity index (χ4v) is 4.39. The topological polar surface area (TPSA) is 90.0 Å². The highest BCUT2D eigenvalue weighted by atomic mass is 32.2. The number of hydrogen-bond donors (Lipinski definition) is 1. The first-order valence-electron chi connectivity index (χ1n) is 11.3. The van der Waals surface area contributed by atoms with Crippen LogP contribution in [0.2, 0.25) is 0 Å². The lowest BCUT2D eigenvalue weighted by Crippen LogP contribution is -2.17. The Morgan fingerprint density at radius 3 is 2.42 bits per heavy atom. The summed E-state index contributed by atoms with van der Waals surface area (Å²) in [6.07, 6.45) is 5.20. The molecule has 0 fully saturated rings. The predicted molar refractivity (Wildman–Crippen MR) is 141 cm³/mol. The standard InChI is InChI=1S/C27H23N7OS/c1-33-19-29-31-27(33)36-18-20-12-14-22(15-13-20)26(35)30-28-16-23-17-34(24-10-6-3-7-11-24)32-25(23)21-8-4-2-5-9-21/h2-17,19H,18H2,1H3,(H,30,35).